The van der Waals surface area contributed by atoms with Gasteiger partial charge in [-0.2, -0.15) is 0 Å². The van der Waals surface area contributed by atoms with E-state index in [2.05, 4.69) is 25.1 Å². The van der Waals surface area contributed by atoms with Crippen molar-refractivity contribution < 1.29 is 0 Å². The zero-order chi connectivity index (χ0) is 25.2. The summed E-state index contributed by atoms with van der Waals surface area (Å²) in [4.78, 5) is 40.8. The van der Waals surface area contributed by atoms with Gasteiger partial charge >= 0.3 is 0 Å². The molecule has 2 aromatic carbocycles. The van der Waals surface area contributed by atoms with Crippen molar-refractivity contribution in [2.75, 3.05) is 5.32 Å². The normalized spacial score (nSPS) is 11.7. The summed E-state index contributed by atoms with van der Waals surface area (Å²) in [5, 5.41) is 4.57. The number of anilines is 1. The first-order valence-corrected chi connectivity index (χ1v) is 11.4. The van der Waals surface area contributed by atoms with E-state index in [0.29, 0.717) is 45.2 Å². The van der Waals surface area contributed by atoms with Crippen molar-refractivity contribution in [1.82, 2.24) is 19.5 Å². The second-order valence-electron chi connectivity index (χ2n) is 8.39. The van der Waals surface area contributed by atoms with Crippen LogP contribution in [0.15, 0.2) is 88.7 Å². The van der Waals surface area contributed by atoms with E-state index < -0.39 is 0 Å². The summed E-state index contributed by atoms with van der Waals surface area (Å²) in [6, 6.07) is 19.9. The molecule has 0 aliphatic carbocycles. The van der Waals surface area contributed by atoms with Crippen LogP contribution in [0.5, 0.6) is 0 Å². The van der Waals surface area contributed by atoms with Crippen LogP contribution in [0.2, 0.25) is 0 Å². The molecule has 5 aromatic rings. The van der Waals surface area contributed by atoms with Crippen LogP contribution in [0.3, 0.4) is 0 Å². The number of benzene rings is 2. The second kappa shape index (κ2) is 9.31. The molecule has 36 heavy (non-hydrogen) atoms. The number of rotatable bonds is 5. The van der Waals surface area contributed by atoms with E-state index in [-0.39, 0.29) is 17.2 Å². The number of aromatic nitrogens is 4. The van der Waals surface area contributed by atoms with Crippen LogP contribution in [-0.2, 0) is 0 Å². The number of nitrogens with zero attached hydrogens (tertiary/aromatic N) is 4. The molecular weight excluding hydrogens is 452 g/mol. The summed E-state index contributed by atoms with van der Waals surface area (Å²) in [6.07, 6.45) is 3.06. The van der Waals surface area contributed by atoms with Gasteiger partial charge in [0.1, 0.15) is 11.6 Å². The Morgan fingerprint density at radius 1 is 1.06 bits per heavy atom. The Bertz CT molecular complexity index is 1750. The monoisotopic (exact) mass is 474 g/mol. The topological polar surface area (TPSA) is 97.0 Å². The smallest absolute Gasteiger partial charge is 0.263 e. The zero-order valence-electron chi connectivity index (χ0n) is 19.7. The molecule has 0 bridgehead atoms. The van der Waals surface area contributed by atoms with Gasteiger partial charge in [-0.1, -0.05) is 36.4 Å². The summed E-state index contributed by atoms with van der Waals surface area (Å²) < 4.78 is 1.67. The Hall–Kier alpha value is -5.03. The van der Waals surface area contributed by atoms with Crippen LogP contribution in [0.4, 0.5) is 11.5 Å². The van der Waals surface area contributed by atoms with Gasteiger partial charge in [-0.05, 0) is 54.6 Å². The molecule has 0 aliphatic heterocycles. The fraction of sp³-hybridized carbons (Fsp3) is 0.107. The van der Waals surface area contributed by atoms with Gasteiger partial charge in [-0.15, -0.1) is 0 Å². The largest absolute Gasteiger partial charge is 0.371 e. The summed E-state index contributed by atoms with van der Waals surface area (Å²) in [5.74, 6) is 0.952. The average molecular weight is 475 g/mol. The van der Waals surface area contributed by atoms with E-state index in [4.69, 9.17) is 6.57 Å². The minimum atomic E-state index is -0.375. The minimum absolute atomic E-state index is 0.206. The molecule has 0 saturated heterocycles. The van der Waals surface area contributed by atoms with Crippen LogP contribution in [0, 0.1) is 13.5 Å². The number of aryl methyl sites for hydroxylation is 1. The first-order valence-electron chi connectivity index (χ1n) is 11.4. The highest BCUT2D eigenvalue weighted by Crippen LogP contribution is 2.31. The number of hydrogen-bond donors (Lipinski definition) is 2. The zero-order valence-corrected chi connectivity index (χ0v) is 19.7. The van der Waals surface area contributed by atoms with Crippen LogP contribution >= 0.6 is 0 Å². The molecule has 0 fully saturated rings. The third-order valence-electron chi connectivity index (χ3n) is 5.98. The average Bonchev–Trinajstić information content (AvgIpc) is 2.89. The molecule has 0 unspecified atom stereocenters. The lowest BCUT2D eigenvalue weighted by molar-refractivity contribution is 0.772. The lowest BCUT2D eigenvalue weighted by Crippen LogP contribution is -2.26. The maximum Gasteiger partial charge on any atom is 0.263 e. The number of nitrogens with one attached hydrogen (secondary N) is 2. The van der Waals surface area contributed by atoms with Gasteiger partial charge in [0.15, 0.2) is 0 Å². The number of aromatic amines is 1. The highest BCUT2D eigenvalue weighted by Gasteiger charge is 2.20. The van der Waals surface area contributed by atoms with Crippen LogP contribution in [0.1, 0.15) is 24.5 Å². The first kappa shape index (κ1) is 22.7. The molecule has 8 heteroatoms. The van der Waals surface area contributed by atoms with Crippen molar-refractivity contribution in [2.24, 2.45) is 0 Å². The number of para-hydroxylation sites is 1. The molecule has 0 radical (unpaired) electrons. The number of hydrogen-bond acceptors (Lipinski definition) is 5. The SMILES string of the molecule is [C-]#[N+]c1cnc(C)nc1N[C@@H](C)c1cc2cccc(-c3cc[nH]c(=O)c3)c2c(=O)n1-c1ccccc1. The van der Waals surface area contributed by atoms with E-state index in [9.17, 15) is 9.59 Å². The standard InChI is InChI=1S/C28H22N6O2/c1-17(32-27-23(29-3)16-31-18(2)33-27)24-14-20-8-7-11-22(19-12-13-30-25(35)15-19)26(20)28(36)34(24)21-9-5-4-6-10-21/h4-17H,1-2H3,(H,30,35)(H,31,32,33)/t17-/m0/s1. The second-order valence-corrected chi connectivity index (χ2v) is 8.39. The van der Waals surface area contributed by atoms with Crippen LogP contribution in [-0.4, -0.2) is 19.5 Å². The third-order valence-corrected chi connectivity index (χ3v) is 5.98. The van der Waals surface area contributed by atoms with E-state index in [0.717, 1.165) is 5.39 Å². The fourth-order valence-corrected chi connectivity index (χ4v) is 4.33. The number of pyridine rings is 2. The van der Waals surface area contributed by atoms with Crippen molar-refractivity contribution in [1.29, 1.82) is 0 Å². The third kappa shape index (κ3) is 4.14. The molecule has 5 rings (SSSR count). The van der Waals surface area contributed by atoms with Gasteiger partial charge in [0.2, 0.25) is 11.2 Å². The number of H-pyrrole nitrogens is 1. The molecule has 8 nitrogen and oxygen atoms in total. The molecule has 2 N–H and O–H groups in total. The molecule has 3 heterocycles. The fourth-order valence-electron chi connectivity index (χ4n) is 4.33. The van der Waals surface area contributed by atoms with Crippen LogP contribution in [0.25, 0.3) is 32.4 Å². The van der Waals surface area contributed by atoms with Crippen molar-refractivity contribution in [3.63, 3.8) is 0 Å². The Labute approximate surface area is 206 Å². The van der Waals surface area contributed by atoms with E-state index in [1.54, 1.807) is 23.8 Å². The quantitative estimate of drug-likeness (QED) is 0.343. The Morgan fingerprint density at radius 3 is 2.61 bits per heavy atom. The Balaban J connectivity index is 1.76. The first-order chi connectivity index (χ1) is 17.5. The van der Waals surface area contributed by atoms with Crippen molar-refractivity contribution >= 4 is 22.3 Å². The van der Waals surface area contributed by atoms with Crippen LogP contribution < -0.4 is 16.4 Å². The highest BCUT2D eigenvalue weighted by atomic mass is 16.1. The predicted octanol–water partition coefficient (Wildman–Crippen LogP) is 5.17. The highest BCUT2D eigenvalue weighted by molar-refractivity contribution is 5.96. The minimum Gasteiger partial charge on any atom is -0.371 e. The summed E-state index contributed by atoms with van der Waals surface area (Å²) in [6.45, 7) is 11.2. The Kier molecular flexibility index (Phi) is 5.88. The van der Waals surface area contributed by atoms with Gasteiger partial charge in [-0.25, -0.2) is 9.83 Å². The molecule has 0 aliphatic rings. The molecule has 176 valence electrons. The lowest BCUT2D eigenvalue weighted by Gasteiger charge is -2.22. The van der Waals surface area contributed by atoms with Gasteiger partial charge in [0.25, 0.3) is 5.56 Å². The Morgan fingerprint density at radius 2 is 1.86 bits per heavy atom. The van der Waals surface area contributed by atoms with Gasteiger partial charge < -0.3 is 10.3 Å². The van der Waals surface area contributed by atoms with E-state index in [1.165, 1.54) is 12.3 Å². The molecule has 0 amide bonds. The molecular formula is C28H22N6O2. The lowest BCUT2D eigenvalue weighted by atomic mass is 9.98. The maximum atomic E-state index is 14.1. The number of fused-ring (bicyclic) bond motifs is 1. The summed E-state index contributed by atoms with van der Waals surface area (Å²) >= 11 is 0. The molecule has 3 aromatic heterocycles. The van der Waals surface area contributed by atoms with Gasteiger partial charge in [-0.3, -0.25) is 19.1 Å². The molecule has 0 saturated carbocycles. The predicted molar refractivity (Wildman–Crippen MR) is 141 cm³/mol. The molecule has 1 atom stereocenters. The summed E-state index contributed by atoms with van der Waals surface area (Å²) in [5.41, 5.74) is 2.62. The molecule has 0 spiro atoms. The van der Waals surface area contributed by atoms with Crippen molar-refractivity contribution in [3.8, 4) is 16.8 Å². The maximum absolute atomic E-state index is 14.1. The van der Waals surface area contributed by atoms with Gasteiger partial charge in [0, 0.05) is 29.8 Å². The van der Waals surface area contributed by atoms with Crippen molar-refractivity contribution in [3.05, 3.63) is 123 Å². The van der Waals surface area contributed by atoms with E-state index >= 15 is 0 Å². The van der Waals surface area contributed by atoms with Gasteiger partial charge in [0.05, 0.1) is 18.0 Å². The van der Waals surface area contributed by atoms with Crippen molar-refractivity contribution in [2.45, 2.75) is 19.9 Å². The van der Waals surface area contributed by atoms with E-state index in [1.807, 2.05) is 61.5 Å². The summed E-state index contributed by atoms with van der Waals surface area (Å²) in [7, 11) is 0.